The van der Waals surface area contributed by atoms with Crippen molar-refractivity contribution in [2.45, 2.75) is 0 Å². The molecule has 45 heavy (non-hydrogen) atoms. The predicted octanol–water partition coefficient (Wildman–Crippen LogP) is 12.6. The molecule has 8 aromatic carbocycles. The zero-order valence-electron chi connectivity index (χ0n) is 50.4. The van der Waals surface area contributed by atoms with Crippen LogP contribution in [0.5, 0.6) is 0 Å². The van der Waals surface area contributed by atoms with Crippen LogP contribution in [0.1, 0.15) is 38.4 Å². The second-order valence-corrected chi connectivity index (χ2v) is 9.51. The van der Waals surface area contributed by atoms with Gasteiger partial charge in [-0.15, -0.1) is 0 Å². The fourth-order valence-electron chi connectivity index (χ4n) is 5.11. The third kappa shape index (κ3) is 4.24. The first-order chi connectivity index (χ1) is 34.0. The average molecular weight is 601 g/mol. The van der Waals surface area contributed by atoms with Gasteiger partial charge in [-0.25, -0.2) is 0 Å². The van der Waals surface area contributed by atoms with E-state index in [1.165, 1.54) is 0 Å². The summed E-state index contributed by atoms with van der Waals surface area (Å²) in [5, 5.41) is -3.94. The van der Waals surface area contributed by atoms with Gasteiger partial charge in [0.15, 0.2) is 0 Å². The first-order valence-electron chi connectivity index (χ1n) is 27.2. The Bertz CT molecular complexity index is 3980. The number of hydrogen-bond donors (Lipinski definition) is 0. The van der Waals surface area contributed by atoms with Crippen LogP contribution < -0.4 is 0 Å². The van der Waals surface area contributed by atoms with Gasteiger partial charge in [0, 0.05) is 10.8 Å². The number of rotatable bonds is 4. The number of hydrogen-bond acceptors (Lipinski definition) is 1. The third-order valence-corrected chi connectivity index (χ3v) is 7.01. The molecule has 0 spiro atoms. The van der Waals surface area contributed by atoms with Crippen LogP contribution in [-0.4, -0.2) is 0 Å². The molecule has 0 saturated carbocycles. The molecule has 1 nitrogen and oxygen atoms in total. The van der Waals surface area contributed by atoms with Crippen LogP contribution >= 0.6 is 0 Å². The molecule has 1 heteroatoms. The van der Waals surface area contributed by atoms with Gasteiger partial charge in [0.05, 0.1) is 38.4 Å². The van der Waals surface area contributed by atoms with Crippen LogP contribution in [0.2, 0.25) is 0 Å². The van der Waals surface area contributed by atoms with Crippen molar-refractivity contribution in [1.82, 2.24) is 0 Å². The summed E-state index contributed by atoms with van der Waals surface area (Å²) in [6.45, 7) is 0. The molecular formula is C44H28O. The van der Waals surface area contributed by atoms with Crippen molar-refractivity contribution in [3.63, 3.8) is 0 Å². The molecule has 0 amide bonds. The molecule has 0 atom stereocenters. The Labute approximate surface area is 301 Å². The Balaban J connectivity index is 1.49. The van der Waals surface area contributed by atoms with Crippen molar-refractivity contribution in [3.8, 4) is 44.5 Å². The lowest BCUT2D eigenvalue weighted by Crippen LogP contribution is -1.90. The first-order valence-corrected chi connectivity index (χ1v) is 13.2. The fourth-order valence-corrected chi connectivity index (χ4v) is 5.11. The normalized spacial score (nSPS) is 20.3. The van der Waals surface area contributed by atoms with Crippen molar-refractivity contribution >= 4 is 43.5 Å². The number of benzene rings is 8. The van der Waals surface area contributed by atoms with Gasteiger partial charge in [-0.2, -0.15) is 0 Å². The Morgan fingerprint density at radius 2 is 0.778 bits per heavy atom. The molecule has 0 aliphatic carbocycles. The average Bonchev–Trinajstić information content (AvgIpc) is 3.77. The minimum absolute atomic E-state index is 0.589. The van der Waals surface area contributed by atoms with E-state index in [0.717, 1.165) is 0 Å². The summed E-state index contributed by atoms with van der Waals surface area (Å²) in [6.07, 6.45) is 0. The Hall–Kier alpha value is -5.92. The maximum Gasteiger partial charge on any atom is 0.136 e. The second kappa shape index (κ2) is 10.4. The standard InChI is InChI=1S/C44H28O/c1-3-12-29(13-4-1)31-16-11-17-32(26-31)33-22-24-35-40-27-34(23-25-41(40)45-42(35)28-33)44-38-20-9-7-18-36(38)43(30-14-5-2-6-15-30)37-19-8-10-21-39(37)44/h1-28H/i1D,2D,3D,4D,5D,6D,7D,8D,9D,10D,11D,12D,13D,14D,15D,16D,17D,18D,19D,20D,21D,22D,23D,24D,25D,26D,27D,28D. The van der Waals surface area contributed by atoms with Crippen LogP contribution in [0.3, 0.4) is 0 Å². The number of fused-ring (bicyclic) bond motifs is 5. The summed E-state index contributed by atoms with van der Waals surface area (Å²) >= 11 is 0. The summed E-state index contributed by atoms with van der Waals surface area (Å²) in [5.41, 5.74) is -7.31. The summed E-state index contributed by atoms with van der Waals surface area (Å²) in [7, 11) is 0. The van der Waals surface area contributed by atoms with Gasteiger partial charge in [-0.05, 0) is 96.3 Å². The summed E-state index contributed by atoms with van der Waals surface area (Å²) in [5.74, 6) is 0. The van der Waals surface area contributed by atoms with E-state index in [-0.39, 0.29) is 0 Å². The molecule has 0 radical (unpaired) electrons. The minimum Gasteiger partial charge on any atom is -0.456 e. The highest BCUT2D eigenvalue weighted by Gasteiger charge is 2.18. The first kappa shape index (κ1) is 10.1. The van der Waals surface area contributed by atoms with Gasteiger partial charge < -0.3 is 4.42 Å². The predicted molar refractivity (Wildman–Crippen MR) is 190 cm³/mol. The van der Waals surface area contributed by atoms with Gasteiger partial charge in [0.2, 0.25) is 0 Å². The van der Waals surface area contributed by atoms with E-state index in [9.17, 15) is 15.1 Å². The molecular weight excluding hydrogens is 544 g/mol. The number of furan rings is 1. The monoisotopic (exact) mass is 600 g/mol. The summed E-state index contributed by atoms with van der Waals surface area (Å²) in [6, 6.07) is -26.0. The minimum atomic E-state index is -0.992. The molecule has 1 aromatic heterocycles. The van der Waals surface area contributed by atoms with E-state index >= 15 is 0 Å². The molecule has 9 aromatic rings. The highest BCUT2D eigenvalue weighted by Crippen LogP contribution is 2.45. The van der Waals surface area contributed by atoms with Crippen molar-refractivity contribution < 1.29 is 42.8 Å². The molecule has 0 N–H and O–H groups in total. The lowest BCUT2D eigenvalue weighted by Gasteiger charge is -2.17. The molecule has 1 heterocycles. The quantitative estimate of drug-likeness (QED) is 0.183. The van der Waals surface area contributed by atoms with Gasteiger partial charge in [0.1, 0.15) is 11.2 Å². The Kier molecular flexibility index (Phi) is 2.32. The molecule has 9 rings (SSSR count). The molecule has 0 aliphatic heterocycles. The van der Waals surface area contributed by atoms with Gasteiger partial charge in [0.25, 0.3) is 0 Å². The van der Waals surface area contributed by atoms with Gasteiger partial charge >= 0.3 is 0 Å². The summed E-state index contributed by atoms with van der Waals surface area (Å²) < 4.78 is 254. The van der Waals surface area contributed by atoms with E-state index in [2.05, 4.69) is 0 Å². The molecule has 0 aliphatic rings. The van der Waals surface area contributed by atoms with Crippen LogP contribution in [0.4, 0.5) is 0 Å². The molecule has 210 valence electrons. The SMILES string of the molecule is [2H]c1c([2H])c([2H])c(-c2c([2H])c([2H])c([2H])c(-c3c([2H])c([2H])c4c(oc5c([2H])c([2H])c(-c6c7c([2H])c([2H])c([2H])c([2H])c7c(-c7c([2H])c([2H])c([2H])c([2H])c7[2H])c7c([2H])c([2H])c([2H])c([2H])c67)c([2H])c54)c3[2H])c2[2H])c([2H])c1[2H]. The Morgan fingerprint density at radius 1 is 0.289 bits per heavy atom. The van der Waals surface area contributed by atoms with Crippen LogP contribution in [0.15, 0.2) is 174 Å². The van der Waals surface area contributed by atoms with Crippen LogP contribution in [0.25, 0.3) is 88.0 Å². The van der Waals surface area contributed by atoms with Crippen LogP contribution in [0, 0.1) is 0 Å². The van der Waals surface area contributed by atoms with Crippen molar-refractivity contribution in [1.29, 1.82) is 0 Å². The maximum atomic E-state index is 9.79. The van der Waals surface area contributed by atoms with Crippen molar-refractivity contribution in [3.05, 3.63) is 169 Å². The maximum absolute atomic E-state index is 9.79. The van der Waals surface area contributed by atoms with E-state index in [0.29, 0.717) is 0 Å². The third-order valence-electron chi connectivity index (χ3n) is 7.01. The second-order valence-electron chi connectivity index (χ2n) is 9.51. The zero-order valence-corrected chi connectivity index (χ0v) is 22.4. The largest absolute Gasteiger partial charge is 0.456 e. The lowest BCUT2D eigenvalue weighted by atomic mass is 9.86. The summed E-state index contributed by atoms with van der Waals surface area (Å²) in [4.78, 5) is 0. The zero-order chi connectivity index (χ0) is 54.1. The van der Waals surface area contributed by atoms with E-state index in [1.54, 1.807) is 0 Å². The topological polar surface area (TPSA) is 13.1 Å². The van der Waals surface area contributed by atoms with Crippen molar-refractivity contribution in [2.75, 3.05) is 0 Å². The molecule has 0 unspecified atom stereocenters. The Morgan fingerprint density at radius 3 is 1.42 bits per heavy atom. The highest BCUT2D eigenvalue weighted by molar-refractivity contribution is 6.22. The van der Waals surface area contributed by atoms with E-state index in [4.69, 9.17) is 27.7 Å². The fraction of sp³-hybridized carbons (Fsp3) is 0. The van der Waals surface area contributed by atoms with Crippen molar-refractivity contribution in [2.24, 2.45) is 0 Å². The van der Waals surface area contributed by atoms with E-state index in [1.807, 2.05) is 0 Å². The highest BCUT2D eigenvalue weighted by atomic mass is 16.3. The molecule has 0 saturated heterocycles. The lowest BCUT2D eigenvalue weighted by molar-refractivity contribution is 0.669. The van der Waals surface area contributed by atoms with Gasteiger partial charge in [-0.1, -0.05) is 139 Å². The molecule has 0 fully saturated rings. The molecule has 0 bridgehead atoms. The van der Waals surface area contributed by atoms with Crippen LogP contribution in [-0.2, 0) is 0 Å². The smallest absolute Gasteiger partial charge is 0.136 e. The van der Waals surface area contributed by atoms with E-state index < -0.39 is 257 Å². The van der Waals surface area contributed by atoms with Gasteiger partial charge in [-0.3, -0.25) is 0 Å².